The fraction of sp³-hybridized carbons (Fsp3) is 0.600. The molecular formula is C15H21BrN2. The second-order valence-corrected chi connectivity index (χ2v) is 6.44. The Kier molecular flexibility index (Phi) is 3.73. The van der Waals surface area contributed by atoms with E-state index in [-0.39, 0.29) is 0 Å². The smallest absolute Gasteiger partial charge is 0.0242 e. The van der Waals surface area contributed by atoms with Crippen molar-refractivity contribution in [1.29, 1.82) is 0 Å². The highest BCUT2D eigenvalue weighted by atomic mass is 79.9. The van der Waals surface area contributed by atoms with Gasteiger partial charge in [-0.1, -0.05) is 28.1 Å². The highest BCUT2D eigenvalue weighted by Crippen LogP contribution is 2.31. The summed E-state index contributed by atoms with van der Waals surface area (Å²) in [6, 6.07) is 8.07. The molecule has 1 saturated heterocycles. The van der Waals surface area contributed by atoms with Crippen molar-refractivity contribution in [3.63, 3.8) is 0 Å². The Morgan fingerprint density at radius 2 is 2.06 bits per heavy atom. The third kappa shape index (κ3) is 2.36. The molecule has 98 valence electrons. The predicted molar refractivity (Wildman–Crippen MR) is 78.7 cm³/mol. The normalized spacial score (nSPS) is 26.0. The third-order valence-corrected chi connectivity index (χ3v) is 5.16. The first-order valence-electron chi connectivity index (χ1n) is 6.98. The minimum atomic E-state index is 0.666. The van der Waals surface area contributed by atoms with Gasteiger partial charge >= 0.3 is 0 Å². The highest BCUT2D eigenvalue weighted by molar-refractivity contribution is 9.10. The maximum atomic E-state index is 3.70. The van der Waals surface area contributed by atoms with E-state index in [2.05, 4.69) is 51.3 Å². The second kappa shape index (κ2) is 5.32. The van der Waals surface area contributed by atoms with Gasteiger partial charge in [-0.25, -0.2) is 0 Å². The van der Waals surface area contributed by atoms with Crippen LogP contribution in [0.25, 0.3) is 0 Å². The minimum absolute atomic E-state index is 0.666. The van der Waals surface area contributed by atoms with Crippen molar-refractivity contribution in [3.05, 3.63) is 33.8 Å². The molecule has 0 saturated carbocycles. The van der Waals surface area contributed by atoms with E-state index in [9.17, 15) is 0 Å². The van der Waals surface area contributed by atoms with Crippen LogP contribution in [0, 0.1) is 0 Å². The number of nitrogens with zero attached hydrogens (tertiary/aromatic N) is 1. The van der Waals surface area contributed by atoms with Crippen molar-refractivity contribution in [3.8, 4) is 0 Å². The lowest BCUT2D eigenvalue weighted by Gasteiger charge is -2.42. The van der Waals surface area contributed by atoms with Crippen molar-refractivity contribution in [1.82, 2.24) is 10.2 Å². The van der Waals surface area contributed by atoms with Crippen LogP contribution >= 0.6 is 15.9 Å². The zero-order valence-corrected chi connectivity index (χ0v) is 12.5. The van der Waals surface area contributed by atoms with Crippen LogP contribution in [0.3, 0.4) is 0 Å². The number of halogens is 1. The molecule has 1 aromatic rings. The molecule has 0 bridgehead atoms. The summed E-state index contributed by atoms with van der Waals surface area (Å²) in [5.74, 6) is 0. The van der Waals surface area contributed by atoms with Crippen LogP contribution in [-0.2, 0) is 13.0 Å². The molecule has 2 heterocycles. The average molecular weight is 309 g/mol. The summed E-state index contributed by atoms with van der Waals surface area (Å²) in [5.41, 5.74) is 3.04. The number of hydrogen-bond acceptors (Lipinski definition) is 2. The zero-order valence-electron chi connectivity index (χ0n) is 11.0. The maximum Gasteiger partial charge on any atom is 0.0242 e. The number of piperidine rings is 1. The number of hydrogen-bond donors (Lipinski definition) is 1. The molecule has 1 fully saturated rings. The summed E-state index contributed by atoms with van der Waals surface area (Å²) in [5, 5.41) is 3.46. The Bertz CT molecular complexity index is 427. The summed E-state index contributed by atoms with van der Waals surface area (Å²) < 4.78 is 1.29. The molecule has 18 heavy (non-hydrogen) atoms. The van der Waals surface area contributed by atoms with Crippen LogP contribution in [0.5, 0.6) is 0 Å². The van der Waals surface area contributed by atoms with Gasteiger partial charge in [0, 0.05) is 23.1 Å². The van der Waals surface area contributed by atoms with E-state index >= 15 is 0 Å². The molecule has 3 rings (SSSR count). The SMILES string of the molecule is CC1Cc2c(Br)cccc2CN1C1CCNCC1. The summed E-state index contributed by atoms with van der Waals surface area (Å²) in [6.07, 6.45) is 3.78. The van der Waals surface area contributed by atoms with Crippen LogP contribution in [0.15, 0.2) is 22.7 Å². The van der Waals surface area contributed by atoms with E-state index in [0.29, 0.717) is 6.04 Å². The van der Waals surface area contributed by atoms with E-state index in [1.165, 1.54) is 48.0 Å². The number of nitrogens with one attached hydrogen (secondary N) is 1. The Hall–Kier alpha value is -0.380. The molecule has 0 aliphatic carbocycles. The molecule has 0 radical (unpaired) electrons. The van der Waals surface area contributed by atoms with Gasteiger partial charge in [-0.3, -0.25) is 4.90 Å². The van der Waals surface area contributed by atoms with Crippen molar-refractivity contribution in [2.45, 2.75) is 44.8 Å². The Labute approximate surface area is 118 Å². The lowest BCUT2D eigenvalue weighted by Crippen LogP contribution is -2.49. The van der Waals surface area contributed by atoms with Gasteiger partial charge in [0.25, 0.3) is 0 Å². The van der Waals surface area contributed by atoms with E-state index in [1.807, 2.05) is 0 Å². The van der Waals surface area contributed by atoms with Gasteiger partial charge in [0.1, 0.15) is 0 Å². The fourth-order valence-corrected chi connectivity index (χ4v) is 3.94. The second-order valence-electron chi connectivity index (χ2n) is 5.58. The molecule has 0 aromatic heterocycles. The molecule has 2 nitrogen and oxygen atoms in total. The molecule has 1 unspecified atom stereocenters. The summed E-state index contributed by atoms with van der Waals surface area (Å²) in [6.45, 7) is 5.86. The first-order chi connectivity index (χ1) is 8.75. The minimum Gasteiger partial charge on any atom is -0.317 e. The third-order valence-electron chi connectivity index (χ3n) is 4.41. The summed E-state index contributed by atoms with van der Waals surface area (Å²) in [7, 11) is 0. The van der Waals surface area contributed by atoms with Gasteiger partial charge in [0.2, 0.25) is 0 Å². The van der Waals surface area contributed by atoms with Gasteiger partial charge in [0.15, 0.2) is 0 Å². The van der Waals surface area contributed by atoms with Crippen LogP contribution in [-0.4, -0.2) is 30.1 Å². The summed E-state index contributed by atoms with van der Waals surface area (Å²) in [4.78, 5) is 2.72. The van der Waals surface area contributed by atoms with Crippen molar-refractivity contribution < 1.29 is 0 Å². The lowest BCUT2D eigenvalue weighted by atomic mass is 9.91. The van der Waals surface area contributed by atoms with Crippen molar-refractivity contribution in [2.75, 3.05) is 13.1 Å². The molecule has 1 atom stereocenters. The fourth-order valence-electron chi connectivity index (χ4n) is 3.37. The van der Waals surface area contributed by atoms with Crippen LogP contribution in [0.1, 0.15) is 30.9 Å². The molecule has 2 aliphatic rings. The lowest BCUT2D eigenvalue weighted by molar-refractivity contribution is 0.0983. The quantitative estimate of drug-likeness (QED) is 0.858. The standard InChI is InChI=1S/C15H21BrN2/c1-11-9-14-12(3-2-4-15(14)16)10-18(11)13-5-7-17-8-6-13/h2-4,11,13,17H,5-10H2,1H3. The number of rotatable bonds is 1. The Morgan fingerprint density at radius 1 is 1.28 bits per heavy atom. The first-order valence-corrected chi connectivity index (χ1v) is 7.77. The zero-order chi connectivity index (χ0) is 12.5. The Balaban J connectivity index is 1.82. The molecule has 2 aliphatic heterocycles. The molecular weight excluding hydrogens is 288 g/mol. The largest absolute Gasteiger partial charge is 0.317 e. The first kappa shape index (κ1) is 12.6. The molecule has 0 amide bonds. The van der Waals surface area contributed by atoms with Gasteiger partial charge in [-0.2, -0.15) is 0 Å². The van der Waals surface area contributed by atoms with Gasteiger partial charge in [-0.15, -0.1) is 0 Å². The van der Waals surface area contributed by atoms with Crippen LogP contribution < -0.4 is 5.32 Å². The maximum absolute atomic E-state index is 3.70. The van der Waals surface area contributed by atoms with E-state index in [1.54, 1.807) is 0 Å². The Morgan fingerprint density at radius 3 is 2.83 bits per heavy atom. The van der Waals surface area contributed by atoms with E-state index in [0.717, 1.165) is 12.6 Å². The molecule has 3 heteroatoms. The topological polar surface area (TPSA) is 15.3 Å². The molecule has 1 aromatic carbocycles. The van der Waals surface area contributed by atoms with Gasteiger partial charge in [-0.05, 0) is 56.5 Å². The predicted octanol–water partition coefficient (Wildman–Crippen LogP) is 2.95. The molecule has 0 spiro atoms. The van der Waals surface area contributed by atoms with Gasteiger partial charge in [0.05, 0.1) is 0 Å². The summed E-state index contributed by atoms with van der Waals surface area (Å²) >= 11 is 3.70. The monoisotopic (exact) mass is 308 g/mol. The van der Waals surface area contributed by atoms with Crippen LogP contribution in [0.2, 0.25) is 0 Å². The van der Waals surface area contributed by atoms with E-state index in [4.69, 9.17) is 0 Å². The number of benzene rings is 1. The molecule has 1 N–H and O–H groups in total. The highest BCUT2D eigenvalue weighted by Gasteiger charge is 2.30. The van der Waals surface area contributed by atoms with Crippen molar-refractivity contribution >= 4 is 15.9 Å². The van der Waals surface area contributed by atoms with E-state index < -0.39 is 0 Å². The van der Waals surface area contributed by atoms with Gasteiger partial charge < -0.3 is 5.32 Å². The van der Waals surface area contributed by atoms with Crippen molar-refractivity contribution in [2.24, 2.45) is 0 Å². The van der Waals surface area contributed by atoms with Crippen LogP contribution in [0.4, 0.5) is 0 Å². The number of fused-ring (bicyclic) bond motifs is 1. The average Bonchev–Trinajstić information content (AvgIpc) is 2.40.